The third-order valence-electron chi connectivity index (χ3n) is 4.19. The minimum absolute atomic E-state index is 0.0966. The average molecular weight is 304 g/mol. The second-order valence-electron chi connectivity index (χ2n) is 5.83. The SMILES string of the molecule is Cc1nc([C@@H]2CCCN(C(=O)Cc3c(C)noc3C)C2)no1. The maximum absolute atomic E-state index is 12.5. The molecule has 2 aromatic rings. The monoisotopic (exact) mass is 304 g/mol. The van der Waals surface area contributed by atoms with Crippen LogP contribution < -0.4 is 0 Å². The minimum atomic E-state index is 0.0966. The highest BCUT2D eigenvalue weighted by Gasteiger charge is 2.28. The molecule has 1 aliphatic heterocycles. The molecule has 7 nitrogen and oxygen atoms in total. The molecule has 1 amide bonds. The van der Waals surface area contributed by atoms with Gasteiger partial charge in [-0.2, -0.15) is 4.98 Å². The van der Waals surface area contributed by atoms with Gasteiger partial charge in [-0.25, -0.2) is 0 Å². The van der Waals surface area contributed by atoms with Crippen LogP contribution in [0.15, 0.2) is 9.05 Å². The maximum atomic E-state index is 12.5. The highest BCUT2D eigenvalue weighted by Crippen LogP contribution is 2.25. The predicted octanol–water partition coefficient (Wildman–Crippen LogP) is 1.93. The maximum Gasteiger partial charge on any atom is 0.227 e. The normalized spacial score (nSPS) is 18.7. The van der Waals surface area contributed by atoms with Crippen molar-refractivity contribution in [2.24, 2.45) is 0 Å². The van der Waals surface area contributed by atoms with E-state index in [-0.39, 0.29) is 11.8 Å². The van der Waals surface area contributed by atoms with Gasteiger partial charge in [0, 0.05) is 31.5 Å². The van der Waals surface area contributed by atoms with Gasteiger partial charge in [-0.15, -0.1) is 0 Å². The second-order valence-corrected chi connectivity index (χ2v) is 5.83. The number of hydrogen-bond acceptors (Lipinski definition) is 6. The van der Waals surface area contributed by atoms with Crippen molar-refractivity contribution in [2.45, 2.75) is 46.0 Å². The Balaban J connectivity index is 1.68. The summed E-state index contributed by atoms with van der Waals surface area (Å²) < 4.78 is 10.2. The van der Waals surface area contributed by atoms with Crippen molar-refractivity contribution in [3.05, 3.63) is 28.7 Å². The van der Waals surface area contributed by atoms with Crippen LogP contribution in [0.4, 0.5) is 0 Å². The number of likely N-dealkylation sites (tertiary alicyclic amines) is 1. The second kappa shape index (κ2) is 5.90. The standard InChI is InChI=1S/C15H20N4O3/c1-9-13(10(2)21-17-9)7-14(20)19-6-4-5-12(8-19)15-16-11(3)22-18-15/h12H,4-8H2,1-3H3/t12-/m1/s1. The summed E-state index contributed by atoms with van der Waals surface area (Å²) in [6.07, 6.45) is 2.26. The molecule has 1 fully saturated rings. The van der Waals surface area contributed by atoms with Crippen LogP contribution >= 0.6 is 0 Å². The highest BCUT2D eigenvalue weighted by molar-refractivity contribution is 5.79. The lowest BCUT2D eigenvalue weighted by atomic mass is 9.96. The lowest BCUT2D eigenvalue weighted by Gasteiger charge is -2.31. The lowest BCUT2D eigenvalue weighted by Crippen LogP contribution is -2.40. The topological polar surface area (TPSA) is 85.3 Å². The molecule has 0 aromatic carbocycles. The summed E-state index contributed by atoms with van der Waals surface area (Å²) in [4.78, 5) is 18.7. The molecule has 0 saturated carbocycles. The van der Waals surface area contributed by atoms with E-state index in [0.29, 0.717) is 30.4 Å². The van der Waals surface area contributed by atoms with E-state index in [2.05, 4.69) is 15.3 Å². The van der Waals surface area contributed by atoms with Crippen LogP contribution in [-0.4, -0.2) is 39.2 Å². The van der Waals surface area contributed by atoms with E-state index in [1.54, 1.807) is 6.92 Å². The zero-order valence-electron chi connectivity index (χ0n) is 13.1. The Morgan fingerprint density at radius 1 is 1.27 bits per heavy atom. The minimum Gasteiger partial charge on any atom is -0.361 e. The van der Waals surface area contributed by atoms with Gasteiger partial charge in [-0.05, 0) is 26.7 Å². The van der Waals surface area contributed by atoms with Gasteiger partial charge < -0.3 is 13.9 Å². The molecule has 1 atom stereocenters. The van der Waals surface area contributed by atoms with E-state index in [1.807, 2.05) is 18.7 Å². The van der Waals surface area contributed by atoms with E-state index in [0.717, 1.165) is 30.6 Å². The van der Waals surface area contributed by atoms with Gasteiger partial charge in [0.25, 0.3) is 0 Å². The smallest absolute Gasteiger partial charge is 0.227 e. The Morgan fingerprint density at radius 3 is 2.73 bits per heavy atom. The van der Waals surface area contributed by atoms with Crippen molar-refractivity contribution in [1.82, 2.24) is 20.2 Å². The zero-order chi connectivity index (χ0) is 15.7. The average Bonchev–Trinajstić information content (AvgIpc) is 3.08. The number of carbonyl (C=O) groups is 1. The Labute approximate surface area is 128 Å². The van der Waals surface area contributed by atoms with Gasteiger partial charge in [-0.1, -0.05) is 10.3 Å². The Kier molecular flexibility index (Phi) is 3.96. The number of aryl methyl sites for hydroxylation is 3. The summed E-state index contributed by atoms with van der Waals surface area (Å²) in [5, 5.41) is 7.89. The fourth-order valence-electron chi connectivity index (χ4n) is 2.91. The molecular formula is C15H20N4O3. The fourth-order valence-corrected chi connectivity index (χ4v) is 2.91. The first kappa shape index (κ1) is 14.7. The zero-order valence-corrected chi connectivity index (χ0v) is 13.1. The number of carbonyl (C=O) groups excluding carboxylic acids is 1. The van der Waals surface area contributed by atoms with Crippen molar-refractivity contribution in [2.75, 3.05) is 13.1 Å². The molecule has 0 aliphatic carbocycles. The van der Waals surface area contributed by atoms with E-state index in [9.17, 15) is 4.79 Å². The van der Waals surface area contributed by atoms with Gasteiger partial charge in [0.2, 0.25) is 11.8 Å². The number of rotatable bonds is 3. The Hall–Kier alpha value is -2.18. The molecule has 1 saturated heterocycles. The van der Waals surface area contributed by atoms with Crippen molar-refractivity contribution < 1.29 is 13.8 Å². The molecule has 7 heteroatoms. The molecule has 0 radical (unpaired) electrons. The van der Waals surface area contributed by atoms with Gasteiger partial charge in [0.1, 0.15) is 5.76 Å². The van der Waals surface area contributed by atoms with Gasteiger partial charge in [0.05, 0.1) is 12.1 Å². The first-order valence-electron chi connectivity index (χ1n) is 7.54. The number of amides is 1. The first-order chi connectivity index (χ1) is 10.5. The van der Waals surface area contributed by atoms with E-state index in [1.165, 1.54) is 0 Å². The first-order valence-corrected chi connectivity index (χ1v) is 7.54. The number of piperidine rings is 1. The lowest BCUT2D eigenvalue weighted by molar-refractivity contribution is -0.131. The van der Waals surface area contributed by atoms with Gasteiger partial charge in [0.15, 0.2) is 5.82 Å². The molecule has 3 heterocycles. The van der Waals surface area contributed by atoms with Crippen LogP contribution in [0.1, 0.15) is 47.5 Å². The number of nitrogens with zero attached hydrogens (tertiary/aromatic N) is 4. The molecule has 3 rings (SSSR count). The summed E-state index contributed by atoms with van der Waals surface area (Å²) in [5.41, 5.74) is 1.68. The molecule has 0 unspecified atom stereocenters. The van der Waals surface area contributed by atoms with Crippen LogP contribution in [-0.2, 0) is 11.2 Å². The number of aromatic nitrogens is 3. The summed E-state index contributed by atoms with van der Waals surface area (Å²) in [6, 6.07) is 0. The van der Waals surface area contributed by atoms with Crippen molar-refractivity contribution in [3.63, 3.8) is 0 Å². The Bertz CT molecular complexity index is 657. The third-order valence-corrected chi connectivity index (χ3v) is 4.19. The molecule has 1 aliphatic rings. The van der Waals surface area contributed by atoms with Crippen LogP contribution in [0.25, 0.3) is 0 Å². The largest absolute Gasteiger partial charge is 0.361 e. The summed E-state index contributed by atoms with van der Waals surface area (Å²) in [6.45, 7) is 6.89. The van der Waals surface area contributed by atoms with Crippen molar-refractivity contribution in [3.8, 4) is 0 Å². The molecule has 0 bridgehead atoms. The molecule has 2 aromatic heterocycles. The van der Waals surface area contributed by atoms with Crippen LogP contribution in [0.2, 0.25) is 0 Å². The fraction of sp³-hybridized carbons (Fsp3) is 0.600. The van der Waals surface area contributed by atoms with Crippen LogP contribution in [0.3, 0.4) is 0 Å². The number of hydrogen-bond donors (Lipinski definition) is 0. The predicted molar refractivity (Wildman–Crippen MR) is 77.3 cm³/mol. The summed E-state index contributed by atoms with van der Waals surface area (Å²) >= 11 is 0. The van der Waals surface area contributed by atoms with Crippen molar-refractivity contribution >= 4 is 5.91 Å². The van der Waals surface area contributed by atoms with E-state index >= 15 is 0 Å². The van der Waals surface area contributed by atoms with Gasteiger partial charge in [-0.3, -0.25) is 4.79 Å². The van der Waals surface area contributed by atoms with Gasteiger partial charge >= 0.3 is 0 Å². The van der Waals surface area contributed by atoms with E-state index in [4.69, 9.17) is 9.05 Å². The van der Waals surface area contributed by atoms with Crippen LogP contribution in [0.5, 0.6) is 0 Å². The van der Waals surface area contributed by atoms with Crippen molar-refractivity contribution in [1.29, 1.82) is 0 Å². The quantitative estimate of drug-likeness (QED) is 0.861. The molecular weight excluding hydrogens is 284 g/mol. The molecule has 0 spiro atoms. The van der Waals surface area contributed by atoms with Crippen LogP contribution in [0, 0.1) is 20.8 Å². The molecule has 22 heavy (non-hydrogen) atoms. The molecule has 118 valence electrons. The summed E-state index contributed by atoms with van der Waals surface area (Å²) in [7, 11) is 0. The summed E-state index contributed by atoms with van der Waals surface area (Å²) in [5.74, 6) is 2.23. The molecule has 0 N–H and O–H groups in total. The highest BCUT2D eigenvalue weighted by atomic mass is 16.5. The Morgan fingerprint density at radius 2 is 2.09 bits per heavy atom. The van der Waals surface area contributed by atoms with E-state index < -0.39 is 0 Å². The third kappa shape index (κ3) is 2.88.